The zero-order valence-electron chi connectivity index (χ0n) is 15.7. The molecule has 2 aromatic heterocycles. The van der Waals surface area contributed by atoms with Crippen LogP contribution in [0, 0.1) is 0 Å². The number of nitrogens with zero attached hydrogens (tertiary/aromatic N) is 4. The highest BCUT2D eigenvalue weighted by atomic mass is 35.5. The molecule has 1 fully saturated rings. The maximum atomic E-state index is 10.2. The number of rotatable bonds is 7. The van der Waals surface area contributed by atoms with Crippen LogP contribution < -0.4 is 16.0 Å². The summed E-state index contributed by atoms with van der Waals surface area (Å²) in [7, 11) is 1.75. The Morgan fingerprint density at radius 3 is 2.75 bits per heavy atom. The second-order valence-corrected chi connectivity index (χ2v) is 7.47. The lowest BCUT2D eigenvalue weighted by atomic mass is 10.1. The van der Waals surface area contributed by atoms with Crippen molar-refractivity contribution in [2.24, 2.45) is 0 Å². The van der Waals surface area contributed by atoms with Gasteiger partial charge in [-0.15, -0.1) is 0 Å². The predicted octanol–water partition coefficient (Wildman–Crippen LogP) is 3.22. The van der Waals surface area contributed by atoms with Crippen LogP contribution in [0.2, 0.25) is 5.02 Å². The molecule has 0 aliphatic heterocycles. The number of fused-ring (bicyclic) bond motifs is 1. The monoisotopic (exact) mass is 399 g/mol. The highest BCUT2D eigenvalue weighted by Gasteiger charge is 2.40. The minimum absolute atomic E-state index is 0.140. The third-order valence-electron chi connectivity index (χ3n) is 4.85. The van der Waals surface area contributed by atoms with Gasteiger partial charge in [-0.2, -0.15) is 4.98 Å². The van der Waals surface area contributed by atoms with Gasteiger partial charge in [0.25, 0.3) is 0 Å². The molecule has 3 aromatic rings. The number of hydrogen-bond donors (Lipinski definition) is 4. The van der Waals surface area contributed by atoms with Gasteiger partial charge in [-0.1, -0.05) is 23.7 Å². The van der Waals surface area contributed by atoms with E-state index < -0.39 is 5.60 Å². The Bertz CT molecular complexity index is 1010. The number of para-hydroxylation sites is 1. The second-order valence-electron chi connectivity index (χ2n) is 7.06. The Labute approximate surface area is 167 Å². The predicted molar refractivity (Wildman–Crippen MR) is 111 cm³/mol. The normalized spacial score (nSPS) is 15.9. The lowest BCUT2D eigenvalue weighted by molar-refractivity contribution is 0.164. The van der Waals surface area contributed by atoms with E-state index in [1.54, 1.807) is 7.05 Å². The van der Waals surface area contributed by atoms with Gasteiger partial charge in [0.15, 0.2) is 0 Å². The smallest absolute Gasteiger partial charge is 0.227 e. The number of benzene rings is 1. The highest BCUT2D eigenvalue weighted by molar-refractivity contribution is 6.35. The molecule has 0 spiro atoms. The van der Waals surface area contributed by atoms with E-state index in [2.05, 4.69) is 30.9 Å². The number of anilines is 3. The van der Waals surface area contributed by atoms with E-state index in [9.17, 15) is 5.11 Å². The molecule has 4 N–H and O–H groups in total. The Kier molecular flexibility index (Phi) is 4.91. The average Bonchev–Trinajstić information content (AvgIpc) is 3.44. The fraction of sp³-hybridized carbons (Fsp3) is 0.368. The molecule has 0 bridgehead atoms. The highest BCUT2D eigenvalue weighted by Crippen LogP contribution is 2.36. The Balaban J connectivity index is 1.68. The van der Waals surface area contributed by atoms with Gasteiger partial charge in [-0.25, -0.2) is 15.0 Å². The molecule has 0 saturated heterocycles. The quantitative estimate of drug-likeness (QED) is 0.479. The number of nitrogens with one attached hydrogen (secondary N) is 3. The van der Waals surface area contributed by atoms with Crippen LogP contribution in [0.4, 0.5) is 17.7 Å². The fourth-order valence-corrected chi connectivity index (χ4v) is 3.20. The van der Waals surface area contributed by atoms with Gasteiger partial charge in [0.05, 0.1) is 22.2 Å². The standard InChI is InChI=1S/C19H22ClN7O/c1-11(25-18-24-10-23-17(21-2)27-18)13-8-12-4-3-5-14(20)15(12)26-16(13)22-9-19(28)6-7-19/h3-5,8,10-11,28H,6-7,9H2,1-2H3,(H,22,26)(H2,21,23,24,25,27)/t11-/m0/s1. The van der Waals surface area contributed by atoms with Crippen LogP contribution in [-0.4, -0.2) is 44.2 Å². The zero-order valence-corrected chi connectivity index (χ0v) is 16.5. The third kappa shape index (κ3) is 3.93. The van der Waals surface area contributed by atoms with E-state index >= 15 is 0 Å². The Morgan fingerprint density at radius 1 is 1.21 bits per heavy atom. The van der Waals surface area contributed by atoms with Crippen molar-refractivity contribution in [1.82, 2.24) is 19.9 Å². The van der Waals surface area contributed by atoms with E-state index in [-0.39, 0.29) is 6.04 Å². The largest absolute Gasteiger partial charge is 0.388 e. The van der Waals surface area contributed by atoms with Crippen LogP contribution in [0.1, 0.15) is 31.4 Å². The Morgan fingerprint density at radius 2 is 2.00 bits per heavy atom. The van der Waals surface area contributed by atoms with Crippen molar-refractivity contribution in [3.63, 3.8) is 0 Å². The molecule has 1 atom stereocenters. The lowest BCUT2D eigenvalue weighted by Crippen LogP contribution is -2.23. The molecule has 4 rings (SSSR count). The van der Waals surface area contributed by atoms with Gasteiger partial charge < -0.3 is 21.1 Å². The topological polar surface area (TPSA) is 108 Å². The molecule has 8 nitrogen and oxygen atoms in total. The van der Waals surface area contributed by atoms with Crippen LogP contribution in [0.3, 0.4) is 0 Å². The molecule has 9 heteroatoms. The van der Waals surface area contributed by atoms with E-state index in [0.717, 1.165) is 29.3 Å². The van der Waals surface area contributed by atoms with Crippen molar-refractivity contribution < 1.29 is 5.11 Å². The lowest BCUT2D eigenvalue weighted by Gasteiger charge is -2.20. The SMILES string of the molecule is CNc1ncnc(N[C@@H](C)c2cc3cccc(Cl)c3nc2NCC2(O)CC2)n1. The summed E-state index contributed by atoms with van der Waals surface area (Å²) in [6, 6.07) is 7.61. The average molecular weight is 400 g/mol. The van der Waals surface area contributed by atoms with E-state index in [0.29, 0.717) is 29.3 Å². The molecule has 0 unspecified atom stereocenters. The van der Waals surface area contributed by atoms with E-state index in [1.165, 1.54) is 6.33 Å². The van der Waals surface area contributed by atoms with Crippen molar-refractivity contribution >= 4 is 40.2 Å². The molecule has 2 heterocycles. The van der Waals surface area contributed by atoms with Crippen LogP contribution in [0.15, 0.2) is 30.6 Å². The van der Waals surface area contributed by atoms with Gasteiger partial charge in [0.2, 0.25) is 11.9 Å². The summed E-state index contributed by atoms with van der Waals surface area (Å²) in [5.74, 6) is 1.64. The first kappa shape index (κ1) is 18.6. The van der Waals surface area contributed by atoms with Crippen LogP contribution >= 0.6 is 11.6 Å². The van der Waals surface area contributed by atoms with E-state index in [1.807, 2.05) is 31.2 Å². The summed E-state index contributed by atoms with van der Waals surface area (Å²) >= 11 is 6.34. The van der Waals surface area contributed by atoms with Gasteiger partial charge in [-0.05, 0) is 31.9 Å². The van der Waals surface area contributed by atoms with Crippen molar-refractivity contribution in [2.45, 2.75) is 31.4 Å². The second kappa shape index (κ2) is 7.37. The number of halogens is 1. The summed E-state index contributed by atoms with van der Waals surface area (Å²) < 4.78 is 0. The summed E-state index contributed by atoms with van der Waals surface area (Å²) in [4.78, 5) is 17.3. The summed E-state index contributed by atoms with van der Waals surface area (Å²) in [6.45, 7) is 2.46. The minimum atomic E-state index is -0.638. The molecule has 0 radical (unpaired) electrons. The number of aliphatic hydroxyl groups is 1. The van der Waals surface area contributed by atoms with Gasteiger partial charge in [0.1, 0.15) is 12.1 Å². The molecule has 1 aromatic carbocycles. The fourth-order valence-electron chi connectivity index (χ4n) is 2.98. The van der Waals surface area contributed by atoms with Crippen LogP contribution in [0.5, 0.6) is 0 Å². The third-order valence-corrected chi connectivity index (χ3v) is 5.15. The summed E-state index contributed by atoms with van der Waals surface area (Å²) in [5.41, 5.74) is 1.02. The van der Waals surface area contributed by atoms with Crippen molar-refractivity contribution in [1.29, 1.82) is 0 Å². The van der Waals surface area contributed by atoms with Crippen molar-refractivity contribution in [3.05, 3.63) is 41.2 Å². The number of hydrogen-bond acceptors (Lipinski definition) is 8. The number of aromatic nitrogens is 4. The zero-order chi connectivity index (χ0) is 19.7. The molecule has 1 saturated carbocycles. The number of pyridine rings is 1. The molecule has 1 aliphatic carbocycles. The minimum Gasteiger partial charge on any atom is -0.388 e. The first-order chi connectivity index (χ1) is 13.5. The first-order valence-electron chi connectivity index (χ1n) is 9.16. The Hall–Kier alpha value is -2.71. The molecule has 146 valence electrons. The molecule has 1 aliphatic rings. The summed E-state index contributed by atoms with van der Waals surface area (Å²) in [5, 5.41) is 21.2. The molecular weight excluding hydrogens is 378 g/mol. The maximum absolute atomic E-state index is 10.2. The van der Waals surface area contributed by atoms with Crippen molar-refractivity contribution in [2.75, 3.05) is 29.5 Å². The van der Waals surface area contributed by atoms with Crippen LogP contribution in [0.25, 0.3) is 10.9 Å². The first-order valence-corrected chi connectivity index (χ1v) is 9.54. The maximum Gasteiger partial charge on any atom is 0.227 e. The van der Waals surface area contributed by atoms with E-state index in [4.69, 9.17) is 16.6 Å². The van der Waals surface area contributed by atoms with Gasteiger partial charge in [-0.3, -0.25) is 0 Å². The summed E-state index contributed by atoms with van der Waals surface area (Å²) in [6.07, 6.45) is 3.05. The van der Waals surface area contributed by atoms with Crippen molar-refractivity contribution in [3.8, 4) is 0 Å². The van der Waals surface area contributed by atoms with Gasteiger partial charge in [0, 0.05) is 24.5 Å². The molecular formula is C19H22ClN7O. The molecule has 0 amide bonds. The van der Waals surface area contributed by atoms with Crippen LogP contribution in [-0.2, 0) is 0 Å². The van der Waals surface area contributed by atoms with Gasteiger partial charge >= 0.3 is 0 Å². The molecule has 28 heavy (non-hydrogen) atoms.